The third kappa shape index (κ3) is 6.21. The molecular formula is C12H15F3N2O2. The molecule has 0 saturated carbocycles. The summed E-state index contributed by atoms with van der Waals surface area (Å²) in [6.45, 7) is 1.05. The molecule has 0 unspecified atom stereocenters. The van der Waals surface area contributed by atoms with Gasteiger partial charge in [-0.1, -0.05) is 12.1 Å². The fourth-order valence-electron chi connectivity index (χ4n) is 1.51. The number of rotatable bonds is 6. The predicted octanol–water partition coefficient (Wildman–Crippen LogP) is 1.06. The minimum absolute atomic E-state index is 0.0219. The van der Waals surface area contributed by atoms with Crippen LogP contribution in [0.4, 0.5) is 13.2 Å². The molecule has 19 heavy (non-hydrogen) atoms. The van der Waals surface area contributed by atoms with E-state index in [1.54, 1.807) is 6.07 Å². The van der Waals surface area contributed by atoms with Crippen molar-refractivity contribution in [3.63, 3.8) is 0 Å². The van der Waals surface area contributed by atoms with E-state index in [9.17, 15) is 18.0 Å². The quantitative estimate of drug-likeness (QED) is 0.538. The molecule has 1 amide bonds. The molecule has 0 spiro atoms. The van der Waals surface area contributed by atoms with Gasteiger partial charge in [0.25, 0.3) is 5.91 Å². The van der Waals surface area contributed by atoms with Gasteiger partial charge < -0.3 is 10.4 Å². The summed E-state index contributed by atoms with van der Waals surface area (Å²) < 4.78 is 36.0. The van der Waals surface area contributed by atoms with Gasteiger partial charge in [-0.05, 0) is 30.7 Å². The van der Waals surface area contributed by atoms with Crippen molar-refractivity contribution in [2.24, 2.45) is 0 Å². The normalized spacial score (nSPS) is 11.4. The number of carbonyl (C=O) groups excluding carboxylic acids is 1. The second kappa shape index (κ2) is 7.10. The average Bonchev–Trinajstić information content (AvgIpc) is 2.33. The fraction of sp³-hybridized carbons (Fsp3) is 0.417. The van der Waals surface area contributed by atoms with Gasteiger partial charge in [0.1, 0.15) is 0 Å². The Morgan fingerprint density at radius 1 is 1.26 bits per heavy atom. The Hall–Kier alpha value is -1.60. The summed E-state index contributed by atoms with van der Waals surface area (Å²) >= 11 is 0. The first kappa shape index (κ1) is 15.5. The van der Waals surface area contributed by atoms with Crippen LogP contribution in [-0.2, 0) is 6.42 Å². The van der Waals surface area contributed by atoms with Gasteiger partial charge in [0.2, 0.25) is 0 Å². The van der Waals surface area contributed by atoms with Crippen LogP contribution in [0.2, 0.25) is 0 Å². The molecule has 1 aromatic rings. The van der Waals surface area contributed by atoms with Gasteiger partial charge in [0.05, 0.1) is 6.61 Å². The molecule has 0 aromatic heterocycles. The number of aliphatic hydroxyl groups excluding tert-OH is 1. The van der Waals surface area contributed by atoms with Crippen molar-refractivity contribution < 1.29 is 23.1 Å². The van der Waals surface area contributed by atoms with E-state index >= 15 is 0 Å². The van der Waals surface area contributed by atoms with Crippen LogP contribution in [0, 0.1) is 0 Å². The average molecular weight is 276 g/mol. The van der Waals surface area contributed by atoms with Crippen LogP contribution in [0.1, 0.15) is 15.9 Å². The zero-order chi connectivity index (χ0) is 14.3. The molecule has 1 aromatic carbocycles. The third-order valence-electron chi connectivity index (χ3n) is 2.32. The minimum Gasteiger partial charge on any atom is -0.395 e. The molecule has 0 bridgehead atoms. The first-order valence-electron chi connectivity index (χ1n) is 5.72. The highest BCUT2D eigenvalue weighted by Gasteiger charge is 2.30. The maximum atomic E-state index is 12.0. The second-order valence-corrected chi connectivity index (χ2v) is 3.88. The predicted molar refractivity (Wildman–Crippen MR) is 63.6 cm³/mol. The van der Waals surface area contributed by atoms with E-state index in [1.165, 1.54) is 18.2 Å². The van der Waals surface area contributed by atoms with Gasteiger partial charge in [-0.25, -0.2) is 0 Å². The molecular weight excluding hydrogens is 261 g/mol. The van der Waals surface area contributed by atoms with Crippen molar-refractivity contribution in [2.75, 3.05) is 19.7 Å². The summed E-state index contributed by atoms with van der Waals surface area (Å²) in [6, 6.07) is 6.01. The Morgan fingerprint density at radius 2 is 2.00 bits per heavy atom. The number of aliphatic hydroxyl groups is 1. The lowest BCUT2D eigenvalue weighted by molar-refractivity contribution is -0.146. The number of hydrogen-bond acceptors (Lipinski definition) is 3. The SMILES string of the molecule is O=C(NC(F)(F)F)c1cccc(CCNCCO)c1. The number of halogens is 3. The zero-order valence-electron chi connectivity index (χ0n) is 10.1. The van der Waals surface area contributed by atoms with Crippen LogP contribution >= 0.6 is 0 Å². The van der Waals surface area contributed by atoms with E-state index < -0.39 is 12.2 Å². The summed E-state index contributed by atoms with van der Waals surface area (Å²) in [7, 11) is 0. The molecule has 4 nitrogen and oxygen atoms in total. The molecule has 7 heteroatoms. The van der Waals surface area contributed by atoms with Gasteiger partial charge in [-0.3, -0.25) is 10.1 Å². The summed E-state index contributed by atoms with van der Waals surface area (Å²) in [4.78, 5) is 11.3. The maximum absolute atomic E-state index is 12.0. The lowest BCUT2D eigenvalue weighted by Crippen LogP contribution is -2.37. The fourth-order valence-corrected chi connectivity index (χ4v) is 1.51. The van der Waals surface area contributed by atoms with Gasteiger partial charge in [0.15, 0.2) is 0 Å². The highest BCUT2D eigenvalue weighted by Crippen LogP contribution is 2.12. The molecule has 0 saturated heterocycles. The Morgan fingerprint density at radius 3 is 2.63 bits per heavy atom. The van der Waals surface area contributed by atoms with Crippen LogP contribution in [0.15, 0.2) is 24.3 Å². The molecule has 1 rings (SSSR count). The Kier molecular flexibility index (Phi) is 5.78. The molecule has 0 fully saturated rings. The maximum Gasteiger partial charge on any atom is 0.484 e. The van der Waals surface area contributed by atoms with E-state index in [1.807, 2.05) is 0 Å². The highest BCUT2D eigenvalue weighted by atomic mass is 19.4. The van der Waals surface area contributed by atoms with Crippen molar-refractivity contribution in [3.05, 3.63) is 35.4 Å². The van der Waals surface area contributed by atoms with E-state index in [2.05, 4.69) is 5.32 Å². The van der Waals surface area contributed by atoms with Gasteiger partial charge in [-0.15, -0.1) is 0 Å². The number of amides is 1. The molecule has 0 aliphatic heterocycles. The van der Waals surface area contributed by atoms with Crippen LogP contribution in [-0.4, -0.2) is 37.0 Å². The molecule has 0 radical (unpaired) electrons. The van der Waals surface area contributed by atoms with Gasteiger partial charge >= 0.3 is 6.30 Å². The summed E-state index contributed by atoms with van der Waals surface area (Å²) in [5, 5.41) is 12.5. The summed E-state index contributed by atoms with van der Waals surface area (Å²) in [6.07, 6.45) is -4.16. The number of benzene rings is 1. The lowest BCUT2D eigenvalue weighted by Gasteiger charge is -2.09. The van der Waals surface area contributed by atoms with Crippen LogP contribution in [0.3, 0.4) is 0 Å². The van der Waals surface area contributed by atoms with E-state index in [4.69, 9.17) is 5.11 Å². The topological polar surface area (TPSA) is 61.4 Å². The Bertz CT molecular complexity index is 422. The standard InChI is InChI=1S/C12H15F3N2O2/c13-12(14,15)17-11(19)10-3-1-2-9(8-10)4-5-16-6-7-18/h1-3,8,16,18H,4-7H2,(H,17,19). The van der Waals surface area contributed by atoms with Crippen molar-refractivity contribution in [3.8, 4) is 0 Å². The molecule has 0 aliphatic rings. The molecule has 0 aliphatic carbocycles. The van der Waals surface area contributed by atoms with Crippen molar-refractivity contribution >= 4 is 5.91 Å². The Balaban J connectivity index is 2.58. The largest absolute Gasteiger partial charge is 0.484 e. The monoisotopic (exact) mass is 276 g/mol. The van der Waals surface area contributed by atoms with Crippen LogP contribution in [0.25, 0.3) is 0 Å². The lowest BCUT2D eigenvalue weighted by atomic mass is 10.1. The van der Waals surface area contributed by atoms with Gasteiger partial charge in [-0.2, -0.15) is 13.2 Å². The van der Waals surface area contributed by atoms with Crippen molar-refractivity contribution in [1.82, 2.24) is 10.6 Å². The number of nitrogens with one attached hydrogen (secondary N) is 2. The summed E-state index contributed by atoms with van der Waals surface area (Å²) in [5.41, 5.74) is 0.720. The first-order valence-corrected chi connectivity index (χ1v) is 5.72. The van der Waals surface area contributed by atoms with Crippen molar-refractivity contribution in [1.29, 1.82) is 0 Å². The van der Waals surface area contributed by atoms with E-state index in [-0.39, 0.29) is 12.2 Å². The third-order valence-corrected chi connectivity index (χ3v) is 2.32. The first-order chi connectivity index (χ1) is 8.92. The Labute approximate surface area is 108 Å². The smallest absolute Gasteiger partial charge is 0.395 e. The van der Waals surface area contributed by atoms with E-state index in [0.29, 0.717) is 19.5 Å². The molecule has 0 atom stereocenters. The number of carbonyl (C=O) groups is 1. The number of hydrogen-bond donors (Lipinski definition) is 3. The van der Waals surface area contributed by atoms with E-state index in [0.717, 1.165) is 10.9 Å². The number of alkyl halides is 3. The van der Waals surface area contributed by atoms with Crippen LogP contribution in [0.5, 0.6) is 0 Å². The van der Waals surface area contributed by atoms with Crippen LogP contribution < -0.4 is 10.6 Å². The minimum atomic E-state index is -4.73. The summed E-state index contributed by atoms with van der Waals surface area (Å²) in [5.74, 6) is -1.17. The second-order valence-electron chi connectivity index (χ2n) is 3.88. The highest BCUT2D eigenvalue weighted by molar-refractivity contribution is 5.94. The van der Waals surface area contributed by atoms with Crippen molar-refractivity contribution in [2.45, 2.75) is 12.7 Å². The zero-order valence-corrected chi connectivity index (χ0v) is 10.1. The molecule has 3 N–H and O–H groups in total. The molecule has 106 valence electrons. The van der Waals surface area contributed by atoms with Gasteiger partial charge in [0, 0.05) is 12.1 Å². The molecule has 0 heterocycles.